The first-order valence-electron chi connectivity index (χ1n) is 11.7. The molecule has 37 heavy (non-hydrogen) atoms. The lowest BCUT2D eigenvalue weighted by molar-refractivity contribution is -0.138. The van der Waals surface area contributed by atoms with Gasteiger partial charge in [0.1, 0.15) is 17.7 Å². The molecule has 4 amide bonds. The SMILES string of the molecule is C#CN(C(=O)C(CC(N)=O)NC(=O)OC(C)(C)C)C(C(=O)Nc1c(C)cccc1C)c1ccc(C)cc1. The van der Waals surface area contributed by atoms with Gasteiger partial charge >= 0.3 is 6.09 Å². The number of nitrogens with zero attached hydrogens (tertiary/aromatic N) is 1. The van der Waals surface area contributed by atoms with Crippen LogP contribution in [0.1, 0.15) is 55.5 Å². The highest BCUT2D eigenvalue weighted by atomic mass is 16.6. The summed E-state index contributed by atoms with van der Waals surface area (Å²) in [6.45, 7) is 10.5. The van der Waals surface area contributed by atoms with Crippen LogP contribution in [0.4, 0.5) is 10.5 Å². The molecular formula is C28H34N4O5. The van der Waals surface area contributed by atoms with E-state index >= 15 is 0 Å². The van der Waals surface area contributed by atoms with Gasteiger partial charge < -0.3 is 21.1 Å². The van der Waals surface area contributed by atoms with Gasteiger partial charge in [-0.05, 0) is 58.2 Å². The van der Waals surface area contributed by atoms with Gasteiger partial charge in [-0.1, -0.05) is 54.5 Å². The van der Waals surface area contributed by atoms with E-state index in [1.165, 1.54) is 0 Å². The Balaban J connectivity index is 2.50. The van der Waals surface area contributed by atoms with Gasteiger partial charge in [-0.3, -0.25) is 19.3 Å². The number of terminal acetylenes is 1. The van der Waals surface area contributed by atoms with Crippen LogP contribution < -0.4 is 16.4 Å². The van der Waals surface area contributed by atoms with E-state index < -0.39 is 47.9 Å². The summed E-state index contributed by atoms with van der Waals surface area (Å²) in [5.74, 6) is -2.28. The second-order valence-corrected chi connectivity index (χ2v) is 9.78. The molecule has 2 aromatic rings. The van der Waals surface area contributed by atoms with Crippen molar-refractivity contribution in [1.29, 1.82) is 0 Å². The highest BCUT2D eigenvalue weighted by Crippen LogP contribution is 2.27. The van der Waals surface area contributed by atoms with Crippen LogP contribution >= 0.6 is 0 Å². The molecule has 0 aliphatic rings. The maximum atomic E-state index is 13.7. The lowest BCUT2D eigenvalue weighted by Crippen LogP contribution is -2.52. The summed E-state index contributed by atoms with van der Waals surface area (Å²) in [7, 11) is 0. The number of rotatable bonds is 8. The molecule has 2 aromatic carbocycles. The molecule has 0 aliphatic carbocycles. The summed E-state index contributed by atoms with van der Waals surface area (Å²) in [6.07, 6.45) is 4.27. The normalized spacial score (nSPS) is 12.5. The smallest absolute Gasteiger partial charge is 0.408 e. The number of amides is 4. The van der Waals surface area contributed by atoms with Crippen LogP contribution in [0.25, 0.3) is 0 Å². The van der Waals surface area contributed by atoms with Gasteiger partial charge in [-0.25, -0.2) is 4.79 Å². The standard InChI is InChI=1S/C28H34N4O5/c1-8-32(26(35)21(16-22(29)33)30-27(36)37-28(5,6)7)24(20-14-12-17(2)13-15-20)25(34)31-23-18(3)10-9-11-19(23)4/h1,9-15,21,24H,16H2,2-7H3,(H2,29,33)(H,30,36)(H,31,34). The van der Waals surface area contributed by atoms with Crippen molar-refractivity contribution in [3.63, 3.8) is 0 Å². The molecule has 4 N–H and O–H groups in total. The third-order valence-electron chi connectivity index (χ3n) is 5.40. The van der Waals surface area contributed by atoms with Crippen molar-refractivity contribution in [2.45, 2.75) is 65.6 Å². The number of hydrogen-bond donors (Lipinski definition) is 3. The van der Waals surface area contributed by atoms with E-state index in [1.54, 1.807) is 45.0 Å². The van der Waals surface area contributed by atoms with Gasteiger partial charge in [0.25, 0.3) is 11.8 Å². The zero-order valence-corrected chi connectivity index (χ0v) is 22.0. The molecule has 0 saturated heterocycles. The van der Waals surface area contributed by atoms with E-state index in [2.05, 4.69) is 16.7 Å². The largest absolute Gasteiger partial charge is 0.444 e. The Morgan fingerprint density at radius 3 is 2.08 bits per heavy atom. The molecule has 2 unspecified atom stereocenters. The van der Waals surface area contributed by atoms with Crippen LogP contribution in [-0.2, 0) is 19.1 Å². The van der Waals surface area contributed by atoms with Crippen LogP contribution in [0.15, 0.2) is 42.5 Å². The highest BCUT2D eigenvalue weighted by molar-refractivity contribution is 6.01. The van der Waals surface area contributed by atoms with Gasteiger partial charge in [-0.2, -0.15) is 0 Å². The van der Waals surface area contributed by atoms with E-state index in [9.17, 15) is 19.2 Å². The molecule has 9 nitrogen and oxygen atoms in total. The summed E-state index contributed by atoms with van der Waals surface area (Å²) in [6, 6.07) is 12.0. The molecule has 0 saturated carbocycles. The van der Waals surface area contributed by atoms with E-state index in [1.807, 2.05) is 39.0 Å². The van der Waals surface area contributed by atoms with E-state index in [0.717, 1.165) is 21.6 Å². The molecular weight excluding hydrogens is 472 g/mol. The Bertz CT molecular complexity index is 1190. The van der Waals surface area contributed by atoms with Crippen LogP contribution in [0.5, 0.6) is 0 Å². The predicted octanol–water partition coefficient (Wildman–Crippen LogP) is 3.48. The Morgan fingerprint density at radius 1 is 1.03 bits per heavy atom. The zero-order chi connectivity index (χ0) is 27.9. The first-order chi connectivity index (χ1) is 17.2. The highest BCUT2D eigenvalue weighted by Gasteiger charge is 2.37. The van der Waals surface area contributed by atoms with Gasteiger partial charge in [0, 0.05) is 11.7 Å². The lowest BCUT2D eigenvalue weighted by Gasteiger charge is -2.30. The minimum absolute atomic E-state index is 0.440. The van der Waals surface area contributed by atoms with Crippen molar-refractivity contribution in [1.82, 2.24) is 10.2 Å². The number of benzene rings is 2. The topological polar surface area (TPSA) is 131 Å². The molecule has 0 spiro atoms. The number of ether oxygens (including phenoxy) is 1. The summed E-state index contributed by atoms with van der Waals surface area (Å²) in [5, 5.41) is 5.24. The Hall–Kier alpha value is -4.32. The van der Waals surface area contributed by atoms with Crippen molar-refractivity contribution >= 4 is 29.5 Å². The minimum atomic E-state index is -1.45. The Labute approximate surface area is 217 Å². The first-order valence-corrected chi connectivity index (χ1v) is 11.7. The minimum Gasteiger partial charge on any atom is -0.444 e. The fourth-order valence-corrected chi connectivity index (χ4v) is 3.65. The fraction of sp³-hybridized carbons (Fsp3) is 0.357. The Kier molecular flexibility index (Phi) is 9.44. The van der Waals surface area contributed by atoms with E-state index in [4.69, 9.17) is 16.9 Å². The quantitative estimate of drug-likeness (QED) is 0.373. The third kappa shape index (κ3) is 8.10. The summed E-state index contributed by atoms with van der Waals surface area (Å²) >= 11 is 0. The molecule has 0 fully saturated rings. The maximum absolute atomic E-state index is 13.7. The zero-order valence-electron chi connectivity index (χ0n) is 22.0. The monoisotopic (exact) mass is 506 g/mol. The van der Waals surface area contributed by atoms with Gasteiger partial charge in [-0.15, -0.1) is 0 Å². The van der Waals surface area contributed by atoms with Crippen LogP contribution in [0, 0.1) is 33.2 Å². The van der Waals surface area contributed by atoms with Crippen LogP contribution in [0.2, 0.25) is 0 Å². The van der Waals surface area contributed by atoms with Crippen molar-refractivity contribution in [2.24, 2.45) is 5.73 Å². The summed E-state index contributed by atoms with van der Waals surface area (Å²) in [5.41, 5.74) is 8.11. The number of aryl methyl sites for hydroxylation is 3. The number of carbonyl (C=O) groups excluding carboxylic acids is 4. The number of nitrogens with two attached hydrogens (primary N) is 1. The number of carbonyl (C=O) groups is 4. The number of hydrogen-bond acceptors (Lipinski definition) is 5. The van der Waals surface area contributed by atoms with Crippen LogP contribution in [0.3, 0.4) is 0 Å². The molecule has 0 aromatic heterocycles. The number of alkyl carbamates (subject to hydrolysis) is 1. The second-order valence-electron chi connectivity index (χ2n) is 9.78. The molecule has 0 bridgehead atoms. The average Bonchev–Trinajstić information content (AvgIpc) is 2.78. The molecule has 9 heteroatoms. The maximum Gasteiger partial charge on any atom is 0.408 e. The van der Waals surface area contributed by atoms with Gasteiger partial charge in [0.05, 0.1) is 6.42 Å². The second kappa shape index (κ2) is 12.1. The van der Waals surface area contributed by atoms with Gasteiger partial charge in [0.15, 0.2) is 0 Å². The van der Waals surface area contributed by atoms with Crippen molar-refractivity contribution in [3.8, 4) is 12.5 Å². The summed E-state index contributed by atoms with van der Waals surface area (Å²) < 4.78 is 5.22. The lowest BCUT2D eigenvalue weighted by atomic mass is 10.0. The molecule has 2 atom stereocenters. The number of nitrogens with one attached hydrogen (secondary N) is 2. The molecule has 0 heterocycles. The molecule has 2 rings (SSSR count). The fourth-order valence-electron chi connectivity index (χ4n) is 3.65. The number of primary amides is 1. The van der Waals surface area contributed by atoms with Gasteiger partial charge in [0.2, 0.25) is 5.91 Å². The van der Waals surface area contributed by atoms with Crippen molar-refractivity contribution in [3.05, 3.63) is 64.7 Å². The average molecular weight is 507 g/mol. The third-order valence-corrected chi connectivity index (χ3v) is 5.40. The molecule has 0 aliphatic heterocycles. The number of para-hydroxylation sites is 1. The van der Waals surface area contributed by atoms with Crippen molar-refractivity contribution < 1.29 is 23.9 Å². The van der Waals surface area contributed by atoms with Crippen LogP contribution in [-0.4, -0.2) is 40.4 Å². The van der Waals surface area contributed by atoms with E-state index in [0.29, 0.717) is 11.3 Å². The Morgan fingerprint density at radius 2 is 1.59 bits per heavy atom. The first kappa shape index (κ1) is 28.9. The van der Waals surface area contributed by atoms with Crippen molar-refractivity contribution in [2.75, 3.05) is 5.32 Å². The van der Waals surface area contributed by atoms with E-state index in [-0.39, 0.29) is 0 Å². The summed E-state index contributed by atoms with van der Waals surface area (Å²) in [4.78, 5) is 52.3. The molecule has 196 valence electrons. The predicted molar refractivity (Wildman–Crippen MR) is 141 cm³/mol. The molecule has 0 radical (unpaired) electrons. The number of anilines is 1.